The number of benzene rings is 2. The number of thiazole rings is 1. The Labute approximate surface area is 206 Å². The molecule has 0 radical (unpaired) electrons. The molecule has 8 nitrogen and oxygen atoms in total. The molecule has 9 heteroatoms. The summed E-state index contributed by atoms with van der Waals surface area (Å²) in [6.07, 6.45) is 1.44. The molecule has 1 fully saturated rings. The molecular weight excluding hydrogens is 466 g/mol. The molecule has 0 bridgehead atoms. The molecule has 3 aromatic rings. The Morgan fingerprint density at radius 3 is 2.43 bits per heavy atom. The second-order valence-electron chi connectivity index (χ2n) is 8.71. The van der Waals surface area contributed by atoms with E-state index in [2.05, 4.69) is 34.6 Å². The van der Waals surface area contributed by atoms with E-state index >= 15 is 0 Å². The van der Waals surface area contributed by atoms with Crippen LogP contribution in [0.15, 0.2) is 53.9 Å². The molecule has 0 unspecified atom stereocenters. The number of carbonyl (C=O) groups is 3. The number of ether oxygens (including phenoxy) is 1. The maximum atomic E-state index is 12.7. The molecule has 1 aliphatic heterocycles. The molecule has 1 saturated heterocycles. The zero-order valence-corrected chi connectivity index (χ0v) is 19.8. The third-order valence-electron chi connectivity index (χ3n) is 6.54. The average molecular weight is 492 g/mol. The number of hydrogen-bond donors (Lipinski definition) is 2. The number of carbonyl (C=O) groups excluding carboxylic acids is 2. The van der Waals surface area contributed by atoms with Crippen molar-refractivity contribution in [2.45, 2.75) is 37.6 Å². The quantitative estimate of drug-likeness (QED) is 0.525. The monoisotopic (exact) mass is 491 g/mol. The topological polar surface area (TPSA) is 109 Å². The molecule has 2 aromatic carbocycles. The third-order valence-corrected chi connectivity index (χ3v) is 7.35. The maximum Gasteiger partial charge on any atom is 0.413 e. The summed E-state index contributed by atoms with van der Waals surface area (Å²) in [7, 11) is 0. The zero-order chi connectivity index (χ0) is 24.4. The highest BCUT2D eigenvalue weighted by molar-refractivity contribution is 7.13. The second-order valence-corrected chi connectivity index (χ2v) is 9.57. The Morgan fingerprint density at radius 1 is 1.06 bits per heavy atom. The summed E-state index contributed by atoms with van der Waals surface area (Å²) in [5, 5.41) is 14.1. The number of piperidine rings is 1. The van der Waals surface area contributed by atoms with E-state index in [4.69, 9.17) is 4.74 Å². The van der Waals surface area contributed by atoms with Crippen LogP contribution in [-0.4, -0.2) is 52.2 Å². The molecule has 35 heavy (non-hydrogen) atoms. The van der Waals surface area contributed by atoms with Crippen LogP contribution in [0.25, 0.3) is 11.1 Å². The van der Waals surface area contributed by atoms with Gasteiger partial charge in [0.05, 0.1) is 12.1 Å². The largest absolute Gasteiger partial charge is 0.480 e. The lowest BCUT2D eigenvalue weighted by Gasteiger charge is -2.32. The van der Waals surface area contributed by atoms with Gasteiger partial charge in [0.1, 0.15) is 12.6 Å². The van der Waals surface area contributed by atoms with E-state index in [0.717, 1.165) is 35.1 Å². The van der Waals surface area contributed by atoms with E-state index in [1.54, 1.807) is 5.38 Å². The number of hydrogen-bond acceptors (Lipinski definition) is 6. The van der Waals surface area contributed by atoms with Crippen molar-refractivity contribution in [2.24, 2.45) is 0 Å². The molecule has 0 spiro atoms. The van der Waals surface area contributed by atoms with Crippen molar-refractivity contribution in [1.29, 1.82) is 0 Å². The number of nitrogens with zero attached hydrogens (tertiary/aromatic N) is 2. The lowest BCUT2D eigenvalue weighted by molar-refractivity contribution is -0.151. The standard InChI is InChI=1S/C26H25N3O5S/c30-23(29-12-6-5-11-22(29)24(31)32)13-16-15-35-25(27-16)28-26(33)34-14-21-19-9-3-1-7-17(19)18-8-2-4-10-20(18)21/h1-4,7-10,15,21-22H,5-6,11-14H2,(H,31,32)(H,27,28,33)/t22-/m0/s1. The predicted molar refractivity (Wildman–Crippen MR) is 131 cm³/mol. The van der Waals surface area contributed by atoms with Crippen molar-refractivity contribution >= 4 is 34.4 Å². The van der Waals surface area contributed by atoms with Crippen molar-refractivity contribution in [3.8, 4) is 11.1 Å². The predicted octanol–water partition coefficient (Wildman–Crippen LogP) is 4.51. The van der Waals surface area contributed by atoms with Gasteiger partial charge in [-0.1, -0.05) is 48.5 Å². The Morgan fingerprint density at radius 2 is 1.74 bits per heavy atom. The van der Waals surface area contributed by atoms with E-state index in [1.165, 1.54) is 16.2 Å². The lowest BCUT2D eigenvalue weighted by atomic mass is 9.98. The summed E-state index contributed by atoms with van der Waals surface area (Å²) in [4.78, 5) is 42.4. The van der Waals surface area contributed by atoms with Gasteiger partial charge in [-0.3, -0.25) is 10.1 Å². The molecule has 1 aromatic heterocycles. The number of anilines is 1. The first-order valence-corrected chi connectivity index (χ1v) is 12.5. The van der Waals surface area contributed by atoms with Gasteiger partial charge in [-0.2, -0.15) is 0 Å². The number of amides is 2. The van der Waals surface area contributed by atoms with Gasteiger partial charge in [0.15, 0.2) is 5.13 Å². The van der Waals surface area contributed by atoms with Crippen LogP contribution in [0, 0.1) is 0 Å². The van der Waals surface area contributed by atoms with E-state index in [0.29, 0.717) is 23.8 Å². The minimum atomic E-state index is -0.978. The van der Waals surface area contributed by atoms with E-state index in [9.17, 15) is 19.5 Å². The molecular formula is C26H25N3O5S. The molecule has 2 aliphatic rings. The van der Waals surface area contributed by atoms with Gasteiger partial charge in [-0.15, -0.1) is 11.3 Å². The summed E-state index contributed by atoms with van der Waals surface area (Å²) in [5.74, 6) is -1.28. The van der Waals surface area contributed by atoms with Crippen LogP contribution in [0.1, 0.15) is 42.0 Å². The van der Waals surface area contributed by atoms with Crippen LogP contribution in [0.5, 0.6) is 0 Å². The third kappa shape index (κ3) is 4.77. The fourth-order valence-corrected chi connectivity index (χ4v) is 5.61. The first-order chi connectivity index (χ1) is 17.0. The molecule has 1 aliphatic carbocycles. The maximum absolute atomic E-state index is 12.7. The first kappa shape index (κ1) is 23.0. The fraction of sp³-hybridized carbons (Fsp3) is 0.308. The van der Waals surface area contributed by atoms with E-state index < -0.39 is 18.1 Å². The summed E-state index contributed by atoms with van der Waals surface area (Å²) >= 11 is 1.20. The summed E-state index contributed by atoms with van der Waals surface area (Å²) in [6.45, 7) is 0.632. The van der Waals surface area contributed by atoms with Crippen LogP contribution in [0.3, 0.4) is 0 Å². The zero-order valence-electron chi connectivity index (χ0n) is 19.0. The van der Waals surface area contributed by atoms with Gasteiger partial charge < -0.3 is 14.7 Å². The minimum absolute atomic E-state index is 0.00729. The number of likely N-dealkylation sites (tertiary alicyclic amines) is 1. The molecule has 180 valence electrons. The van der Waals surface area contributed by atoms with Gasteiger partial charge in [-0.05, 0) is 41.5 Å². The number of carboxylic acid groups (broad SMARTS) is 1. The van der Waals surface area contributed by atoms with Crippen LogP contribution in [-0.2, 0) is 20.7 Å². The molecule has 5 rings (SSSR count). The molecule has 1 atom stereocenters. The number of aliphatic carboxylic acids is 1. The number of rotatable bonds is 6. The van der Waals surface area contributed by atoms with Crippen LogP contribution in [0.2, 0.25) is 0 Å². The SMILES string of the molecule is O=C(Nc1nc(CC(=O)N2CCCC[C@H]2C(=O)O)cs1)OCC1c2ccccc2-c2ccccc21. The summed E-state index contributed by atoms with van der Waals surface area (Å²) in [6, 6.07) is 15.5. The van der Waals surface area contributed by atoms with Crippen molar-refractivity contribution in [2.75, 3.05) is 18.5 Å². The van der Waals surface area contributed by atoms with E-state index in [1.807, 2.05) is 24.3 Å². The van der Waals surface area contributed by atoms with Gasteiger partial charge in [-0.25, -0.2) is 14.6 Å². The summed E-state index contributed by atoms with van der Waals surface area (Å²) < 4.78 is 5.55. The minimum Gasteiger partial charge on any atom is -0.480 e. The van der Waals surface area contributed by atoms with Crippen molar-refractivity contribution in [1.82, 2.24) is 9.88 Å². The highest BCUT2D eigenvalue weighted by atomic mass is 32.1. The van der Waals surface area contributed by atoms with Crippen molar-refractivity contribution in [3.05, 3.63) is 70.7 Å². The van der Waals surface area contributed by atoms with Crippen molar-refractivity contribution in [3.63, 3.8) is 0 Å². The average Bonchev–Trinajstić information content (AvgIpc) is 3.44. The van der Waals surface area contributed by atoms with Crippen LogP contribution < -0.4 is 5.32 Å². The van der Waals surface area contributed by atoms with E-state index in [-0.39, 0.29) is 24.9 Å². The Bertz CT molecular complexity index is 1230. The Balaban J connectivity index is 1.18. The smallest absolute Gasteiger partial charge is 0.413 e. The Kier molecular flexibility index (Phi) is 6.50. The van der Waals surface area contributed by atoms with Gasteiger partial charge in [0.2, 0.25) is 5.91 Å². The highest BCUT2D eigenvalue weighted by Crippen LogP contribution is 2.44. The van der Waals surface area contributed by atoms with Crippen LogP contribution in [0.4, 0.5) is 9.93 Å². The number of aromatic nitrogens is 1. The van der Waals surface area contributed by atoms with Gasteiger partial charge in [0, 0.05) is 17.8 Å². The Hall–Kier alpha value is -3.72. The fourth-order valence-electron chi connectivity index (χ4n) is 4.91. The van der Waals surface area contributed by atoms with Gasteiger partial charge in [0.25, 0.3) is 0 Å². The number of nitrogens with one attached hydrogen (secondary N) is 1. The summed E-state index contributed by atoms with van der Waals surface area (Å²) in [5.41, 5.74) is 5.07. The highest BCUT2D eigenvalue weighted by Gasteiger charge is 2.32. The second kappa shape index (κ2) is 9.87. The van der Waals surface area contributed by atoms with Crippen LogP contribution >= 0.6 is 11.3 Å². The lowest BCUT2D eigenvalue weighted by Crippen LogP contribution is -2.48. The van der Waals surface area contributed by atoms with Crippen molar-refractivity contribution < 1.29 is 24.2 Å². The molecule has 2 N–H and O–H groups in total. The molecule has 2 heterocycles. The van der Waals surface area contributed by atoms with Gasteiger partial charge >= 0.3 is 12.1 Å². The molecule has 2 amide bonds. The number of fused-ring (bicyclic) bond motifs is 3. The molecule has 0 saturated carbocycles. The number of carboxylic acids is 1. The normalized spacial score (nSPS) is 16.9. The first-order valence-electron chi connectivity index (χ1n) is 11.6.